The van der Waals surface area contributed by atoms with Crippen LogP contribution in [0.4, 0.5) is 0 Å². The van der Waals surface area contributed by atoms with Gasteiger partial charge in [-0.2, -0.15) is 15.4 Å². The fraction of sp³-hybridized carbons (Fsp3) is 0.500. The van der Waals surface area contributed by atoms with E-state index in [9.17, 15) is 14.7 Å². The summed E-state index contributed by atoms with van der Waals surface area (Å²) < 4.78 is 5.27. The number of nitrogens with one attached hydrogen (secondary N) is 3. The van der Waals surface area contributed by atoms with Crippen LogP contribution >= 0.6 is 0 Å². The summed E-state index contributed by atoms with van der Waals surface area (Å²) in [7, 11) is 0. The number of aliphatic hydroxyl groups is 1. The van der Waals surface area contributed by atoms with Crippen LogP contribution in [0, 0.1) is 0 Å². The number of carbonyl (C=O) groups excluding carboxylic acids is 2. The molecule has 1 saturated heterocycles. The zero-order valence-electron chi connectivity index (χ0n) is 14.3. The summed E-state index contributed by atoms with van der Waals surface area (Å²) in [6.07, 6.45) is 0. The first-order valence-electron chi connectivity index (χ1n) is 8.47. The normalized spacial score (nSPS) is 16.3. The molecule has 1 aromatic carbocycles. The molecule has 26 heavy (non-hydrogen) atoms. The number of amides is 2. The Balaban J connectivity index is 1.50. The molecule has 2 heterocycles. The van der Waals surface area contributed by atoms with Gasteiger partial charge in [-0.15, -0.1) is 0 Å². The number of hydrogen-bond donors (Lipinski definition) is 4. The summed E-state index contributed by atoms with van der Waals surface area (Å²) in [5, 5.41) is 25.0. The van der Waals surface area contributed by atoms with Crippen molar-refractivity contribution in [2.75, 3.05) is 46.0 Å². The van der Waals surface area contributed by atoms with Gasteiger partial charge in [0.25, 0.3) is 5.91 Å². The molecule has 0 spiro atoms. The van der Waals surface area contributed by atoms with Crippen molar-refractivity contribution in [3.63, 3.8) is 0 Å². The number of benzene rings is 1. The number of ether oxygens (including phenoxy) is 1. The minimum Gasteiger partial charge on any atom is -0.394 e. The number of carbonyl (C=O) groups is 2. The monoisotopic (exact) mass is 362 g/mol. The average Bonchev–Trinajstić information content (AvgIpc) is 3.14. The second kappa shape index (κ2) is 8.70. The van der Waals surface area contributed by atoms with Gasteiger partial charge >= 0.3 is 0 Å². The van der Waals surface area contributed by atoms with Gasteiger partial charge < -0.3 is 20.5 Å². The predicted octanol–water partition coefficient (Wildman–Crippen LogP) is -1.50. The number of aromatic nitrogens is 3. The van der Waals surface area contributed by atoms with Gasteiger partial charge in [-0.05, 0) is 18.2 Å². The summed E-state index contributed by atoms with van der Waals surface area (Å²) in [4.78, 5) is 26.7. The van der Waals surface area contributed by atoms with Crippen molar-refractivity contribution in [3.8, 4) is 0 Å². The van der Waals surface area contributed by atoms with Crippen molar-refractivity contribution in [2.24, 2.45) is 0 Å². The predicted molar refractivity (Wildman–Crippen MR) is 92.5 cm³/mol. The van der Waals surface area contributed by atoms with Gasteiger partial charge in [0, 0.05) is 31.7 Å². The van der Waals surface area contributed by atoms with Crippen molar-refractivity contribution in [1.29, 1.82) is 0 Å². The number of morpholine rings is 1. The Bertz CT molecular complexity index is 758. The lowest BCUT2D eigenvalue weighted by Gasteiger charge is -2.26. The lowest BCUT2D eigenvalue weighted by Crippen LogP contribution is -2.50. The Morgan fingerprint density at radius 2 is 2.04 bits per heavy atom. The second-order valence-electron chi connectivity index (χ2n) is 5.98. The fourth-order valence-corrected chi connectivity index (χ4v) is 2.70. The molecular formula is C16H22N6O4. The third kappa shape index (κ3) is 4.54. The highest BCUT2D eigenvalue weighted by molar-refractivity contribution is 5.99. The van der Waals surface area contributed by atoms with Gasteiger partial charge in [-0.25, -0.2) is 0 Å². The third-order valence-electron chi connectivity index (χ3n) is 4.21. The zero-order chi connectivity index (χ0) is 18.4. The van der Waals surface area contributed by atoms with Crippen LogP contribution in [0.5, 0.6) is 0 Å². The molecule has 0 radical (unpaired) electrons. The molecule has 140 valence electrons. The number of H-pyrrole nitrogens is 1. The molecule has 10 heteroatoms. The van der Waals surface area contributed by atoms with E-state index in [2.05, 4.69) is 30.9 Å². The molecule has 1 aliphatic rings. The molecule has 0 bridgehead atoms. The highest BCUT2D eigenvalue weighted by Crippen LogP contribution is 2.10. The van der Waals surface area contributed by atoms with Crippen LogP contribution in [-0.4, -0.2) is 89.3 Å². The summed E-state index contributed by atoms with van der Waals surface area (Å²) in [6.45, 7) is 3.71. The van der Waals surface area contributed by atoms with Crippen molar-refractivity contribution in [1.82, 2.24) is 30.9 Å². The fourth-order valence-electron chi connectivity index (χ4n) is 2.70. The number of fused-ring (bicyclic) bond motifs is 1. The smallest absolute Gasteiger partial charge is 0.252 e. The molecular weight excluding hydrogens is 340 g/mol. The number of aromatic amines is 1. The summed E-state index contributed by atoms with van der Waals surface area (Å²) >= 11 is 0. The topological polar surface area (TPSA) is 132 Å². The van der Waals surface area contributed by atoms with E-state index in [-0.39, 0.29) is 0 Å². The van der Waals surface area contributed by atoms with Crippen molar-refractivity contribution in [3.05, 3.63) is 23.8 Å². The van der Waals surface area contributed by atoms with Crippen molar-refractivity contribution >= 4 is 22.8 Å². The molecule has 3 rings (SSSR count). The highest BCUT2D eigenvalue weighted by Gasteiger charge is 2.21. The van der Waals surface area contributed by atoms with Gasteiger partial charge in [-0.1, -0.05) is 0 Å². The molecule has 0 saturated carbocycles. The molecule has 1 atom stereocenters. The largest absolute Gasteiger partial charge is 0.394 e. The van der Waals surface area contributed by atoms with E-state index in [0.717, 1.165) is 13.1 Å². The van der Waals surface area contributed by atoms with Crippen LogP contribution in [-0.2, 0) is 9.53 Å². The van der Waals surface area contributed by atoms with Gasteiger partial charge in [0.15, 0.2) is 0 Å². The van der Waals surface area contributed by atoms with Gasteiger partial charge in [0.2, 0.25) is 5.91 Å². The van der Waals surface area contributed by atoms with Crippen molar-refractivity contribution < 1.29 is 19.4 Å². The van der Waals surface area contributed by atoms with Crippen LogP contribution in [0.2, 0.25) is 0 Å². The van der Waals surface area contributed by atoms with E-state index in [1.807, 2.05) is 0 Å². The minimum atomic E-state index is -1.01. The number of nitrogens with zero attached hydrogens (tertiary/aromatic N) is 3. The Hall–Kier alpha value is -2.56. The first-order valence-corrected chi connectivity index (χ1v) is 8.47. The van der Waals surface area contributed by atoms with Crippen LogP contribution in [0.15, 0.2) is 18.2 Å². The van der Waals surface area contributed by atoms with E-state index >= 15 is 0 Å². The average molecular weight is 362 g/mol. The van der Waals surface area contributed by atoms with Crippen LogP contribution in [0.3, 0.4) is 0 Å². The van der Waals surface area contributed by atoms with Crippen LogP contribution in [0.25, 0.3) is 11.0 Å². The minimum absolute atomic E-state index is 0.339. The Morgan fingerprint density at radius 3 is 2.81 bits per heavy atom. The SMILES string of the molecule is O=C(N[C@@H](CO)C(=O)NCCN1CCOCC1)c1ccc2n[nH]nc2c1. The Labute approximate surface area is 149 Å². The zero-order valence-corrected chi connectivity index (χ0v) is 14.3. The first kappa shape index (κ1) is 18.2. The van der Waals surface area contributed by atoms with Gasteiger partial charge in [0.05, 0.1) is 19.8 Å². The van der Waals surface area contributed by atoms with E-state index in [1.165, 1.54) is 0 Å². The van der Waals surface area contributed by atoms with Gasteiger partial charge in [-0.3, -0.25) is 14.5 Å². The Morgan fingerprint density at radius 1 is 1.27 bits per heavy atom. The highest BCUT2D eigenvalue weighted by atomic mass is 16.5. The quantitative estimate of drug-likeness (QED) is 0.471. The number of hydrogen-bond acceptors (Lipinski definition) is 7. The first-order chi connectivity index (χ1) is 12.7. The molecule has 4 N–H and O–H groups in total. The summed E-state index contributed by atoms with van der Waals surface area (Å²) in [6, 6.07) is 3.80. The van der Waals surface area contributed by atoms with Gasteiger partial charge in [0.1, 0.15) is 17.1 Å². The van der Waals surface area contributed by atoms with E-state index in [1.54, 1.807) is 18.2 Å². The lowest BCUT2D eigenvalue weighted by atomic mass is 10.1. The van der Waals surface area contributed by atoms with Crippen molar-refractivity contribution in [2.45, 2.75) is 6.04 Å². The number of aliphatic hydroxyl groups excluding tert-OH is 1. The third-order valence-corrected chi connectivity index (χ3v) is 4.21. The van der Waals surface area contributed by atoms with E-state index in [4.69, 9.17) is 4.74 Å². The molecule has 1 aliphatic heterocycles. The maximum atomic E-state index is 12.3. The number of rotatable bonds is 7. The summed E-state index contributed by atoms with van der Waals surface area (Å²) in [5.74, 6) is -0.881. The van der Waals surface area contributed by atoms with E-state index < -0.39 is 24.5 Å². The summed E-state index contributed by atoms with van der Waals surface area (Å²) in [5.41, 5.74) is 1.53. The lowest BCUT2D eigenvalue weighted by molar-refractivity contribution is -0.123. The molecule has 0 aliphatic carbocycles. The molecule has 2 aromatic rings. The standard InChI is InChI=1S/C16H22N6O4/c23-10-14(16(25)17-3-4-22-5-7-26-8-6-22)18-15(24)11-1-2-12-13(9-11)20-21-19-12/h1-2,9,14,23H,3-8,10H2,(H,17,25)(H,18,24)(H,19,20,21)/t14-/m0/s1. The maximum Gasteiger partial charge on any atom is 0.252 e. The van der Waals surface area contributed by atoms with E-state index in [0.29, 0.717) is 42.9 Å². The van der Waals surface area contributed by atoms with Crippen LogP contribution < -0.4 is 10.6 Å². The second-order valence-corrected chi connectivity index (χ2v) is 5.98. The molecule has 1 aromatic heterocycles. The molecule has 1 fully saturated rings. The maximum absolute atomic E-state index is 12.3. The molecule has 2 amide bonds. The molecule has 10 nitrogen and oxygen atoms in total. The Kier molecular flexibility index (Phi) is 6.10. The van der Waals surface area contributed by atoms with Crippen LogP contribution in [0.1, 0.15) is 10.4 Å². The molecule has 0 unspecified atom stereocenters.